The molecule has 0 aliphatic carbocycles. The lowest BCUT2D eigenvalue weighted by Crippen LogP contribution is -2.43. The Morgan fingerprint density at radius 2 is 2.00 bits per heavy atom. The van der Waals surface area contributed by atoms with Crippen molar-refractivity contribution in [1.82, 2.24) is 24.2 Å². The normalized spacial score (nSPS) is 20.9. The predicted octanol–water partition coefficient (Wildman–Crippen LogP) is 1.50. The minimum absolute atomic E-state index is 0.0207. The summed E-state index contributed by atoms with van der Waals surface area (Å²) in [4.78, 5) is 20.6. The van der Waals surface area contributed by atoms with Gasteiger partial charge in [-0.25, -0.2) is 18.2 Å². The van der Waals surface area contributed by atoms with Crippen molar-refractivity contribution in [1.29, 1.82) is 0 Å². The highest BCUT2D eigenvalue weighted by atomic mass is 32.2. The lowest BCUT2D eigenvalue weighted by molar-refractivity contribution is 0.0503. The molecule has 2 atom stereocenters. The van der Waals surface area contributed by atoms with Crippen molar-refractivity contribution in [3.63, 3.8) is 0 Å². The monoisotopic (exact) mass is 407 g/mol. The molecule has 1 aliphatic heterocycles. The van der Waals surface area contributed by atoms with Crippen LogP contribution in [0.25, 0.3) is 0 Å². The summed E-state index contributed by atoms with van der Waals surface area (Å²) >= 11 is 0. The number of hydrogen-bond donors (Lipinski definition) is 1. The van der Waals surface area contributed by atoms with E-state index in [1.165, 1.54) is 16.8 Å². The number of sulfonamides is 1. The maximum absolute atomic E-state index is 13.0. The molecular formula is C18H25N5O4S. The van der Waals surface area contributed by atoms with Gasteiger partial charge in [-0.05, 0) is 32.9 Å². The smallest absolute Gasteiger partial charge is 0.407 e. The maximum Gasteiger partial charge on any atom is 0.407 e. The number of imidazole rings is 1. The second kappa shape index (κ2) is 7.51. The third kappa shape index (κ3) is 4.50. The molecule has 9 nitrogen and oxygen atoms in total. The third-order valence-electron chi connectivity index (χ3n) is 4.34. The average Bonchev–Trinajstić information content (AvgIpc) is 3.21. The number of amides is 1. The molecule has 3 rings (SSSR count). The molecule has 0 unspecified atom stereocenters. The van der Waals surface area contributed by atoms with E-state index in [1.54, 1.807) is 44.6 Å². The minimum Gasteiger partial charge on any atom is -0.444 e. The first kappa shape index (κ1) is 20.3. The summed E-state index contributed by atoms with van der Waals surface area (Å²) < 4.78 is 34.2. The van der Waals surface area contributed by atoms with E-state index < -0.39 is 27.8 Å². The fourth-order valence-electron chi connectivity index (χ4n) is 3.12. The predicted molar refractivity (Wildman–Crippen MR) is 102 cm³/mol. The van der Waals surface area contributed by atoms with E-state index >= 15 is 0 Å². The van der Waals surface area contributed by atoms with Gasteiger partial charge in [-0.2, -0.15) is 4.31 Å². The summed E-state index contributed by atoms with van der Waals surface area (Å²) in [5.74, 6) is -0.299. The van der Waals surface area contributed by atoms with E-state index in [2.05, 4.69) is 15.3 Å². The highest BCUT2D eigenvalue weighted by Gasteiger charge is 2.42. The zero-order valence-corrected chi connectivity index (χ0v) is 17.2. The largest absolute Gasteiger partial charge is 0.444 e. The Labute approximate surface area is 164 Å². The first-order valence-corrected chi connectivity index (χ1v) is 10.4. The van der Waals surface area contributed by atoms with Crippen molar-refractivity contribution < 1.29 is 17.9 Å². The summed E-state index contributed by atoms with van der Waals surface area (Å²) in [6, 6.07) is 4.98. The summed E-state index contributed by atoms with van der Waals surface area (Å²) in [7, 11) is -2.07. The van der Waals surface area contributed by atoms with Gasteiger partial charge in [-0.15, -0.1) is 0 Å². The number of nitrogens with one attached hydrogen (secondary N) is 1. The van der Waals surface area contributed by atoms with Gasteiger partial charge in [0, 0.05) is 44.1 Å². The molecule has 1 fully saturated rings. The van der Waals surface area contributed by atoms with Crippen molar-refractivity contribution in [2.75, 3.05) is 13.1 Å². The molecular weight excluding hydrogens is 382 g/mol. The van der Waals surface area contributed by atoms with Crippen LogP contribution in [0.3, 0.4) is 0 Å². The number of aromatic nitrogens is 3. The van der Waals surface area contributed by atoms with E-state index in [4.69, 9.17) is 4.74 Å². The molecule has 1 saturated heterocycles. The van der Waals surface area contributed by atoms with Crippen LogP contribution in [0, 0.1) is 0 Å². The molecule has 0 bridgehead atoms. The van der Waals surface area contributed by atoms with Gasteiger partial charge in [0.2, 0.25) is 0 Å². The second-order valence-corrected chi connectivity index (χ2v) is 9.70. The van der Waals surface area contributed by atoms with Crippen LogP contribution < -0.4 is 5.32 Å². The van der Waals surface area contributed by atoms with E-state index in [-0.39, 0.29) is 24.0 Å². The molecule has 1 aliphatic rings. The van der Waals surface area contributed by atoms with Gasteiger partial charge in [0.1, 0.15) is 5.60 Å². The molecule has 152 valence electrons. The number of alkyl carbamates (subject to hydrolysis) is 1. The van der Waals surface area contributed by atoms with Crippen LogP contribution in [-0.4, -0.2) is 58.1 Å². The van der Waals surface area contributed by atoms with Crippen molar-refractivity contribution in [2.45, 2.75) is 43.4 Å². The molecule has 0 aromatic carbocycles. The quantitative estimate of drug-likeness (QED) is 0.823. The topological polar surface area (TPSA) is 106 Å². The highest BCUT2D eigenvalue weighted by molar-refractivity contribution is 7.89. The Bertz CT molecular complexity index is 936. The van der Waals surface area contributed by atoms with E-state index in [1.807, 2.05) is 12.1 Å². The van der Waals surface area contributed by atoms with Crippen molar-refractivity contribution >= 4 is 16.1 Å². The van der Waals surface area contributed by atoms with Crippen LogP contribution >= 0.6 is 0 Å². The summed E-state index contributed by atoms with van der Waals surface area (Å²) in [5.41, 5.74) is 0.0605. The Kier molecular flexibility index (Phi) is 5.44. The number of rotatable bonds is 4. The van der Waals surface area contributed by atoms with Crippen LogP contribution in [-0.2, 0) is 21.8 Å². The first-order valence-electron chi connectivity index (χ1n) is 8.95. The Hall–Kier alpha value is -2.46. The van der Waals surface area contributed by atoms with Gasteiger partial charge in [-0.3, -0.25) is 4.98 Å². The molecule has 0 spiro atoms. The number of carbonyl (C=O) groups is 1. The maximum atomic E-state index is 13.0. The average molecular weight is 407 g/mol. The standard InChI is InChI=1S/C18H25N5O4S/c1-18(2,3)27-17(24)21-15-10-23(9-13(15)14-7-5-6-8-19-14)28(25,26)16-11-22(4)12-20-16/h5-8,11-13,15H,9-10H2,1-4H3,(H,21,24)/t13-,15+/m0/s1. The molecule has 3 heterocycles. The van der Waals surface area contributed by atoms with Gasteiger partial charge in [-0.1, -0.05) is 6.07 Å². The molecule has 1 amide bonds. The minimum atomic E-state index is -3.78. The fraction of sp³-hybridized carbons (Fsp3) is 0.500. The van der Waals surface area contributed by atoms with Gasteiger partial charge >= 0.3 is 6.09 Å². The molecule has 0 saturated carbocycles. The van der Waals surface area contributed by atoms with Crippen LogP contribution in [0.15, 0.2) is 41.9 Å². The summed E-state index contributed by atoms with van der Waals surface area (Å²) in [5, 5.41) is 2.79. The third-order valence-corrected chi connectivity index (χ3v) is 6.06. The van der Waals surface area contributed by atoms with E-state index in [0.717, 1.165) is 0 Å². The zero-order valence-electron chi connectivity index (χ0n) is 16.4. The van der Waals surface area contributed by atoms with Gasteiger partial charge < -0.3 is 14.6 Å². The van der Waals surface area contributed by atoms with Crippen molar-refractivity contribution in [3.05, 3.63) is 42.6 Å². The lowest BCUT2D eigenvalue weighted by Gasteiger charge is -2.24. The van der Waals surface area contributed by atoms with Gasteiger partial charge in [0.25, 0.3) is 10.0 Å². The van der Waals surface area contributed by atoms with E-state index in [0.29, 0.717) is 5.69 Å². The number of carbonyl (C=O) groups excluding carboxylic acids is 1. The molecule has 0 radical (unpaired) electrons. The van der Waals surface area contributed by atoms with Gasteiger partial charge in [0.15, 0.2) is 5.03 Å². The van der Waals surface area contributed by atoms with Crippen LogP contribution in [0.1, 0.15) is 32.4 Å². The second-order valence-electron chi connectivity index (χ2n) is 7.81. The molecule has 2 aromatic rings. The van der Waals surface area contributed by atoms with Gasteiger partial charge in [0.05, 0.1) is 12.4 Å². The highest BCUT2D eigenvalue weighted by Crippen LogP contribution is 2.30. The lowest BCUT2D eigenvalue weighted by atomic mass is 9.99. The number of nitrogens with zero attached hydrogens (tertiary/aromatic N) is 4. The van der Waals surface area contributed by atoms with Crippen LogP contribution in [0.5, 0.6) is 0 Å². The Balaban J connectivity index is 1.85. The Morgan fingerprint density at radius 1 is 1.25 bits per heavy atom. The number of hydrogen-bond acceptors (Lipinski definition) is 6. The van der Waals surface area contributed by atoms with Crippen molar-refractivity contribution in [2.24, 2.45) is 7.05 Å². The molecule has 1 N–H and O–H groups in total. The number of pyridine rings is 1. The molecule has 2 aromatic heterocycles. The number of ether oxygens (including phenoxy) is 1. The van der Waals surface area contributed by atoms with E-state index in [9.17, 15) is 13.2 Å². The molecule has 10 heteroatoms. The Morgan fingerprint density at radius 3 is 2.57 bits per heavy atom. The van der Waals surface area contributed by atoms with Crippen LogP contribution in [0.4, 0.5) is 4.79 Å². The summed E-state index contributed by atoms with van der Waals surface area (Å²) in [6.07, 6.45) is 3.96. The first-order chi connectivity index (χ1) is 13.1. The fourth-order valence-corrected chi connectivity index (χ4v) is 4.58. The van der Waals surface area contributed by atoms with Crippen LogP contribution in [0.2, 0.25) is 0 Å². The summed E-state index contributed by atoms with van der Waals surface area (Å²) in [6.45, 7) is 5.62. The zero-order chi connectivity index (χ0) is 20.5. The molecule has 28 heavy (non-hydrogen) atoms. The number of aryl methyl sites for hydroxylation is 1. The SMILES string of the molecule is Cn1cnc(S(=O)(=O)N2C[C@@H](NC(=O)OC(C)(C)C)[C@H](c3ccccn3)C2)c1. The van der Waals surface area contributed by atoms with Crippen molar-refractivity contribution in [3.8, 4) is 0 Å².